The van der Waals surface area contributed by atoms with Crippen LogP contribution in [0, 0.1) is 98.5 Å². The van der Waals surface area contributed by atoms with Crippen LogP contribution >= 0.6 is 45.3 Å². The average molecular weight is 1950 g/mol. The lowest BCUT2D eigenvalue weighted by atomic mass is 9.46. The van der Waals surface area contributed by atoms with Crippen LogP contribution in [0.5, 0.6) is 0 Å². The molecule has 10 unspecified atom stereocenters. The summed E-state index contributed by atoms with van der Waals surface area (Å²) in [6.07, 6.45) is 40.7. The second-order valence-electron chi connectivity index (χ2n) is 46.2. The van der Waals surface area contributed by atoms with Crippen molar-refractivity contribution in [3.05, 3.63) is 266 Å². The van der Waals surface area contributed by atoms with E-state index in [1.807, 2.05) is 55.9 Å². The molecule has 0 saturated heterocycles. The summed E-state index contributed by atoms with van der Waals surface area (Å²) >= 11 is 7.07. The molecule has 0 amide bonds. The first kappa shape index (κ1) is 86.8. The molecule has 16 saturated carbocycles. The van der Waals surface area contributed by atoms with Crippen molar-refractivity contribution >= 4 is 107 Å². The van der Waals surface area contributed by atoms with Crippen molar-refractivity contribution in [2.45, 2.75) is 227 Å². The van der Waals surface area contributed by atoms with Crippen molar-refractivity contribution in [1.82, 2.24) is 58.1 Å². The monoisotopic (exact) mass is 1950 g/mol. The minimum absolute atomic E-state index is 0.0561. The summed E-state index contributed by atoms with van der Waals surface area (Å²) in [6, 6.07) is 67.1. The van der Waals surface area contributed by atoms with E-state index >= 15 is 4.39 Å². The Morgan fingerprint density at radius 1 is 0.291 bits per heavy atom. The van der Waals surface area contributed by atoms with Crippen LogP contribution in [-0.2, 0) is 0 Å². The van der Waals surface area contributed by atoms with E-state index in [1.165, 1.54) is 140 Å². The molecule has 36 rings (SSSR count). The van der Waals surface area contributed by atoms with Crippen LogP contribution in [-0.4, -0.2) is 127 Å². The Kier molecular flexibility index (Phi) is 20.7. The Morgan fingerprint density at radius 2 is 0.532 bits per heavy atom. The second kappa shape index (κ2) is 33.6. The molecule has 16 bridgehead atoms. The zero-order valence-electron chi connectivity index (χ0n) is 79.0. The summed E-state index contributed by atoms with van der Waals surface area (Å²) < 4.78 is 28.9. The molecule has 718 valence electrons. The molecule has 20 nitrogen and oxygen atoms in total. The molecule has 0 radical (unpaired) electrons. The quantitative estimate of drug-likeness (QED) is 0.0353. The van der Waals surface area contributed by atoms with Gasteiger partial charge in [-0.3, -0.25) is 0 Å². The van der Waals surface area contributed by atoms with Crippen LogP contribution in [0.1, 0.15) is 201 Å². The fourth-order valence-electron chi connectivity index (χ4n) is 33.8. The summed E-state index contributed by atoms with van der Waals surface area (Å²) in [5, 5.41) is 67.1. The molecule has 4 aliphatic heterocycles. The number of imidazole rings is 4. The Morgan fingerprint density at radius 3 is 0.816 bits per heavy atom. The molecular formula is C116H119FN16O4S4. The Balaban J connectivity index is 0.0000000900. The van der Waals surface area contributed by atoms with E-state index in [4.69, 9.17) is 19.9 Å². The van der Waals surface area contributed by atoms with Crippen molar-refractivity contribution in [2.24, 2.45) is 92.7 Å². The molecule has 25 heteroatoms. The lowest BCUT2D eigenvalue weighted by Gasteiger charge is -2.61. The number of para-hydroxylation sites is 4. The van der Waals surface area contributed by atoms with Gasteiger partial charge in [0.2, 0.25) is 0 Å². The van der Waals surface area contributed by atoms with E-state index in [9.17, 15) is 20.4 Å². The minimum atomic E-state index is -0.459. The fourth-order valence-corrected chi connectivity index (χ4v) is 37.5. The number of aromatic nitrogens is 12. The molecule has 12 heterocycles. The van der Waals surface area contributed by atoms with Crippen molar-refractivity contribution in [3.63, 3.8) is 0 Å². The molecule has 8 aromatic carbocycles. The number of benzene rings is 8. The first-order valence-corrected chi connectivity index (χ1v) is 55.7. The third-order valence-electron chi connectivity index (χ3n) is 38.7. The van der Waals surface area contributed by atoms with Crippen LogP contribution in [0.25, 0.3) is 85.9 Å². The number of rotatable bonds is 20. The number of thiazole rings is 4. The van der Waals surface area contributed by atoms with Crippen LogP contribution in [0.4, 0.5) is 24.9 Å². The van der Waals surface area contributed by atoms with Crippen molar-refractivity contribution in [3.8, 4) is 45.0 Å². The van der Waals surface area contributed by atoms with Gasteiger partial charge in [-0.05, 0) is 318 Å². The summed E-state index contributed by atoms with van der Waals surface area (Å²) in [7, 11) is 0. The van der Waals surface area contributed by atoms with Crippen LogP contribution in [0.3, 0.4) is 0 Å². The number of halogens is 1. The first-order chi connectivity index (χ1) is 69.1. The molecule has 16 aromatic rings. The third-order valence-corrected chi connectivity index (χ3v) is 42.6. The molecule has 20 aliphatic rings. The van der Waals surface area contributed by atoms with E-state index < -0.39 is 6.10 Å². The highest BCUT2D eigenvalue weighted by molar-refractivity contribution is 7.23. The Bertz CT molecular complexity index is 6780. The maximum absolute atomic E-state index is 15.0. The van der Waals surface area contributed by atoms with Gasteiger partial charge in [-0.2, -0.15) is 0 Å². The predicted molar refractivity (Wildman–Crippen MR) is 558 cm³/mol. The summed E-state index contributed by atoms with van der Waals surface area (Å²) in [5.41, 5.74) is 18.4. The highest BCUT2D eigenvalue weighted by atomic mass is 32.1. The minimum Gasteiger partial charge on any atom is -0.392 e. The summed E-state index contributed by atoms with van der Waals surface area (Å²) in [6.45, 7) is 0. The normalized spacial score (nSPS) is 33.0. The second-order valence-corrected chi connectivity index (χ2v) is 50.4. The number of nitrogens with zero attached hydrogens (tertiary/aromatic N) is 12. The lowest BCUT2D eigenvalue weighted by molar-refractivity contribution is -0.129. The number of hydrogen-bond donors (Lipinski definition) is 8. The van der Waals surface area contributed by atoms with Gasteiger partial charge in [0.1, 0.15) is 5.82 Å². The molecule has 16 aliphatic carbocycles. The van der Waals surface area contributed by atoms with E-state index in [0.717, 1.165) is 149 Å². The third kappa shape index (κ3) is 14.4. The zero-order chi connectivity index (χ0) is 93.5. The molecule has 8 aromatic heterocycles. The van der Waals surface area contributed by atoms with Gasteiger partial charge in [0.15, 0.2) is 20.5 Å². The molecule has 16 atom stereocenters. The van der Waals surface area contributed by atoms with Gasteiger partial charge in [-0.15, -0.1) is 0 Å². The lowest BCUT2D eigenvalue weighted by Crippen LogP contribution is -2.59. The number of aliphatic hydroxyl groups excluding tert-OH is 4. The standard InChI is InChI=1S/C29H29FN4OS.3C29H30N4OS/c30-20-5-3-4-19-23-14-31-15-34(23)22(26(19)20)10-25(35)29-11-16-8-17(12-29)27(18(9-16)13-29)33-28-32-21-6-1-2-7-24(21)36-28;3*34-26(11-23-20-5-1-2-6-21(20)24-15-30-16-33(23)24)29-12-17-9-18(13-29)27(19(10-17)14-29)32-28-31-22-7-3-4-8-25(22)35-28/h1-7,14-18,22,25,27,35H,8-13H2,(H,32,33);3*1-8,15-19,23,26-27,34H,9-14H2,(H,31,32)/t;17?,18?,19?,23-,26+,27?,29?;2*17?,18?,19?,23-,26-,27?,29?/m.110/s1. The maximum Gasteiger partial charge on any atom is 0.184 e. The van der Waals surface area contributed by atoms with Crippen molar-refractivity contribution in [1.29, 1.82) is 0 Å². The van der Waals surface area contributed by atoms with Crippen molar-refractivity contribution in [2.75, 3.05) is 21.3 Å². The predicted octanol–water partition coefficient (Wildman–Crippen LogP) is 24.6. The smallest absolute Gasteiger partial charge is 0.184 e. The van der Waals surface area contributed by atoms with E-state index in [-0.39, 0.29) is 70.0 Å². The SMILES string of the molecule is OC(CC1c2c(F)cccc2-c2cncn21)C12CC3CC(C1)C(Nc1nc4ccccc4s1)C(C3)C2.O[C@@H](C[C@@H]1c2ccccc2-c2cncn21)C12CC3CC(C1)C(Nc1nc4ccccc4s1)C(C3)C2.O[C@@H](C[C@H]1c2ccccc2-c2cncn21)C12CC3CC(C1)C(Nc1nc4ccccc4s1)C(C3)C2.O[C@H](C[C@@H]1c2ccccc2-c2cncn21)C12CC3CC(C1)C(Nc1nc4ccccc4s1)C(C3)C2. The Labute approximate surface area is 835 Å². The summed E-state index contributed by atoms with van der Waals surface area (Å²) in [5.74, 6) is 7.64. The van der Waals surface area contributed by atoms with Gasteiger partial charge in [-0.1, -0.05) is 179 Å². The van der Waals surface area contributed by atoms with E-state index in [1.54, 1.807) is 63.8 Å². The Hall–Kier alpha value is -10.9. The first-order valence-electron chi connectivity index (χ1n) is 52.4. The van der Waals surface area contributed by atoms with Gasteiger partial charge in [-0.25, -0.2) is 44.3 Å². The van der Waals surface area contributed by atoms with Gasteiger partial charge in [0.05, 0.1) is 162 Å². The highest BCUT2D eigenvalue weighted by Crippen LogP contribution is 2.69. The number of anilines is 4. The van der Waals surface area contributed by atoms with Gasteiger partial charge in [0.25, 0.3) is 0 Å². The largest absolute Gasteiger partial charge is 0.392 e. The molecule has 8 N–H and O–H groups in total. The molecule has 16 fully saturated rings. The molecule has 141 heavy (non-hydrogen) atoms. The van der Waals surface area contributed by atoms with E-state index in [0.29, 0.717) is 89.4 Å². The number of nitrogens with one attached hydrogen (secondary N) is 4. The van der Waals surface area contributed by atoms with Crippen LogP contribution in [0.15, 0.2) is 238 Å². The maximum atomic E-state index is 15.0. The van der Waals surface area contributed by atoms with Gasteiger partial charge < -0.3 is 60.0 Å². The van der Waals surface area contributed by atoms with Crippen molar-refractivity contribution < 1.29 is 24.8 Å². The van der Waals surface area contributed by atoms with Crippen LogP contribution in [0.2, 0.25) is 0 Å². The summed E-state index contributed by atoms with van der Waals surface area (Å²) in [4.78, 5) is 37.1. The van der Waals surface area contributed by atoms with E-state index in [2.05, 4.69) is 223 Å². The number of hydrogen-bond acceptors (Lipinski definition) is 20. The number of fused-ring (bicyclic) bond motifs is 16. The topological polar surface area (TPSA) is 252 Å². The van der Waals surface area contributed by atoms with Crippen LogP contribution < -0.4 is 21.3 Å². The van der Waals surface area contributed by atoms with Gasteiger partial charge in [0, 0.05) is 52.0 Å². The molecule has 0 spiro atoms. The molecular weight excluding hydrogens is 1830 g/mol. The highest BCUT2D eigenvalue weighted by Gasteiger charge is 2.64. The fraction of sp³-hybridized carbons (Fsp3) is 0.448. The van der Waals surface area contributed by atoms with Gasteiger partial charge >= 0.3 is 0 Å². The zero-order valence-corrected chi connectivity index (χ0v) is 82.3. The number of aliphatic hydroxyl groups is 4. The average Bonchev–Trinajstić information content (AvgIpc) is 1.70.